The summed E-state index contributed by atoms with van der Waals surface area (Å²) >= 11 is 0. The predicted octanol–water partition coefficient (Wildman–Crippen LogP) is 2.45. The van der Waals surface area contributed by atoms with E-state index >= 15 is 0 Å². The van der Waals surface area contributed by atoms with Gasteiger partial charge in [0.25, 0.3) is 0 Å². The lowest BCUT2D eigenvalue weighted by Gasteiger charge is -2.31. The Labute approximate surface area is 99.1 Å². The van der Waals surface area contributed by atoms with Crippen LogP contribution in [0.5, 0.6) is 0 Å². The van der Waals surface area contributed by atoms with Gasteiger partial charge < -0.3 is 4.74 Å². The Morgan fingerprint density at radius 2 is 1.75 bits per heavy atom. The van der Waals surface area contributed by atoms with Gasteiger partial charge in [-0.2, -0.15) is 0 Å². The molecule has 1 unspecified atom stereocenters. The third-order valence-electron chi connectivity index (χ3n) is 2.98. The second-order valence-electron chi connectivity index (χ2n) is 6.68. The van der Waals surface area contributed by atoms with Crippen LogP contribution in [0.15, 0.2) is 0 Å². The zero-order valence-corrected chi connectivity index (χ0v) is 11.5. The van der Waals surface area contributed by atoms with E-state index in [1.54, 1.807) is 0 Å². The molecule has 0 radical (unpaired) electrons. The standard InChI is InChI=1S/C13H25NO2/c1-12(2,3)11(15)16-10-7-8-14(9-10)13(4,5)6/h10H,7-9H2,1-6H3. The lowest BCUT2D eigenvalue weighted by Crippen LogP contribution is -2.40. The van der Waals surface area contributed by atoms with Crippen molar-refractivity contribution in [3.8, 4) is 0 Å². The Hall–Kier alpha value is -0.570. The summed E-state index contributed by atoms with van der Waals surface area (Å²) in [6.07, 6.45) is 1.03. The number of hydrogen-bond acceptors (Lipinski definition) is 3. The van der Waals surface area contributed by atoms with E-state index < -0.39 is 5.41 Å². The third kappa shape index (κ3) is 3.48. The average Bonchev–Trinajstić information content (AvgIpc) is 2.49. The van der Waals surface area contributed by atoms with Crippen molar-refractivity contribution in [2.45, 2.75) is 59.6 Å². The molecule has 0 aromatic rings. The van der Waals surface area contributed by atoms with E-state index in [0.717, 1.165) is 19.5 Å². The van der Waals surface area contributed by atoms with E-state index in [2.05, 4.69) is 25.7 Å². The largest absolute Gasteiger partial charge is 0.461 e. The van der Waals surface area contributed by atoms with Crippen LogP contribution in [-0.2, 0) is 9.53 Å². The molecule has 1 aliphatic heterocycles. The Bertz CT molecular complexity index is 260. The molecule has 1 rings (SSSR count). The maximum Gasteiger partial charge on any atom is 0.311 e. The molecule has 0 N–H and O–H groups in total. The van der Waals surface area contributed by atoms with Gasteiger partial charge in [-0.1, -0.05) is 0 Å². The van der Waals surface area contributed by atoms with Gasteiger partial charge in [0, 0.05) is 18.6 Å². The van der Waals surface area contributed by atoms with Gasteiger partial charge in [0.1, 0.15) is 6.10 Å². The molecule has 0 bridgehead atoms. The summed E-state index contributed by atoms with van der Waals surface area (Å²) in [4.78, 5) is 14.1. The first-order chi connectivity index (χ1) is 7.10. The van der Waals surface area contributed by atoms with Crippen molar-refractivity contribution in [1.29, 1.82) is 0 Å². The van der Waals surface area contributed by atoms with Crippen LogP contribution in [0.4, 0.5) is 0 Å². The quantitative estimate of drug-likeness (QED) is 0.644. The zero-order valence-electron chi connectivity index (χ0n) is 11.5. The van der Waals surface area contributed by atoms with Crippen molar-refractivity contribution in [3.05, 3.63) is 0 Å². The molecule has 0 saturated carbocycles. The summed E-state index contributed by atoms with van der Waals surface area (Å²) in [5.41, 5.74) is -0.224. The molecule has 3 heteroatoms. The number of likely N-dealkylation sites (tertiary alicyclic amines) is 1. The fourth-order valence-electron chi connectivity index (χ4n) is 1.76. The second kappa shape index (κ2) is 4.36. The van der Waals surface area contributed by atoms with Crippen LogP contribution in [0.25, 0.3) is 0 Å². The molecule has 16 heavy (non-hydrogen) atoms. The number of carbonyl (C=O) groups excluding carboxylic acids is 1. The number of esters is 1. The van der Waals surface area contributed by atoms with Crippen LogP contribution in [-0.4, -0.2) is 35.6 Å². The van der Waals surface area contributed by atoms with Crippen molar-refractivity contribution in [2.75, 3.05) is 13.1 Å². The number of carbonyl (C=O) groups is 1. The SMILES string of the molecule is CC(C)(C)C(=O)OC1CCN(C(C)(C)C)C1. The van der Waals surface area contributed by atoms with Crippen molar-refractivity contribution in [3.63, 3.8) is 0 Å². The average molecular weight is 227 g/mol. The highest BCUT2D eigenvalue weighted by atomic mass is 16.5. The third-order valence-corrected chi connectivity index (χ3v) is 2.98. The number of ether oxygens (including phenoxy) is 1. The van der Waals surface area contributed by atoms with E-state index in [1.807, 2.05) is 20.8 Å². The smallest absolute Gasteiger partial charge is 0.311 e. The molecule has 0 aromatic heterocycles. The fourth-order valence-corrected chi connectivity index (χ4v) is 1.76. The first-order valence-corrected chi connectivity index (χ1v) is 6.07. The molecule has 94 valence electrons. The van der Waals surface area contributed by atoms with Gasteiger partial charge in [-0.3, -0.25) is 9.69 Å². The molecule has 1 atom stereocenters. The lowest BCUT2D eigenvalue weighted by molar-refractivity contribution is -0.158. The molecule has 0 spiro atoms. The van der Waals surface area contributed by atoms with Crippen LogP contribution >= 0.6 is 0 Å². The highest BCUT2D eigenvalue weighted by Gasteiger charge is 2.34. The number of hydrogen-bond donors (Lipinski definition) is 0. The first-order valence-electron chi connectivity index (χ1n) is 6.07. The zero-order chi connectivity index (χ0) is 12.6. The van der Waals surface area contributed by atoms with Gasteiger partial charge in [-0.25, -0.2) is 0 Å². The van der Waals surface area contributed by atoms with E-state index in [1.165, 1.54) is 0 Å². The maximum absolute atomic E-state index is 11.7. The number of rotatable bonds is 1. The highest BCUT2D eigenvalue weighted by molar-refractivity contribution is 5.75. The van der Waals surface area contributed by atoms with Crippen molar-refractivity contribution < 1.29 is 9.53 Å². The van der Waals surface area contributed by atoms with Gasteiger partial charge in [0.15, 0.2) is 0 Å². The Morgan fingerprint density at radius 1 is 1.19 bits per heavy atom. The minimum absolute atomic E-state index is 0.0750. The maximum atomic E-state index is 11.7. The topological polar surface area (TPSA) is 29.5 Å². The van der Waals surface area contributed by atoms with Crippen LogP contribution in [0.1, 0.15) is 48.0 Å². The lowest BCUT2D eigenvalue weighted by atomic mass is 9.97. The molecule has 0 amide bonds. The molecule has 1 heterocycles. The van der Waals surface area contributed by atoms with Crippen LogP contribution < -0.4 is 0 Å². The van der Waals surface area contributed by atoms with E-state index in [4.69, 9.17) is 4.74 Å². The summed E-state index contributed by atoms with van der Waals surface area (Å²) in [6, 6.07) is 0. The van der Waals surface area contributed by atoms with Gasteiger partial charge in [-0.05, 0) is 48.0 Å². The first kappa shape index (κ1) is 13.5. The normalized spacial score (nSPS) is 23.5. The number of nitrogens with zero attached hydrogens (tertiary/aromatic N) is 1. The minimum Gasteiger partial charge on any atom is -0.461 e. The van der Waals surface area contributed by atoms with Gasteiger partial charge >= 0.3 is 5.97 Å². The summed E-state index contributed by atoms with van der Waals surface area (Å²) in [5, 5.41) is 0. The monoisotopic (exact) mass is 227 g/mol. The molecule has 0 aliphatic carbocycles. The van der Waals surface area contributed by atoms with Crippen molar-refractivity contribution in [2.24, 2.45) is 5.41 Å². The second-order valence-corrected chi connectivity index (χ2v) is 6.68. The molecule has 3 nitrogen and oxygen atoms in total. The van der Waals surface area contributed by atoms with E-state index in [-0.39, 0.29) is 17.6 Å². The predicted molar refractivity (Wildman–Crippen MR) is 65.3 cm³/mol. The van der Waals surface area contributed by atoms with Gasteiger partial charge in [-0.15, -0.1) is 0 Å². The van der Waals surface area contributed by atoms with E-state index in [0.29, 0.717) is 0 Å². The molecular formula is C13H25NO2. The molecule has 0 aromatic carbocycles. The van der Waals surface area contributed by atoms with E-state index in [9.17, 15) is 4.79 Å². The molecule has 1 aliphatic rings. The van der Waals surface area contributed by atoms with Gasteiger partial charge in [0.05, 0.1) is 5.41 Å². The van der Waals surface area contributed by atoms with Crippen molar-refractivity contribution >= 4 is 5.97 Å². The van der Waals surface area contributed by atoms with Gasteiger partial charge in [0.2, 0.25) is 0 Å². The Balaban J connectivity index is 2.47. The highest BCUT2D eigenvalue weighted by Crippen LogP contribution is 2.24. The minimum atomic E-state index is -0.394. The summed E-state index contributed by atoms with van der Waals surface area (Å²) in [6.45, 7) is 14.2. The molecular weight excluding hydrogens is 202 g/mol. The molecule has 1 fully saturated rings. The Morgan fingerprint density at radius 3 is 2.12 bits per heavy atom. The van der Waals surface area contributed by atoms with Crippen LogP contribution in [0.3, 0.4) is 0 Å². The fraction of sp³-hybridized carbons (Fsp3) is 0.923. The summed E-state index contributed by atoms with van der Waals surface area (Å²) < 4.78 is 5.52. The van der Waals surface area contributed by atoms with Crippen LogP contribution in [0, 0.1) is 5.41 Å². The van der Waals surface area contributed by atoms with Crippen LogP contribution in [0.2, 0.25) is 0 Å². The van der Waals surface area contributed by atoms with Crippen molar-refractivity contribution in [1.82, 2.24) is 4.90 Å². The molecule has 1 saturated heterocycles. The summed E-state index contributed by atoms with van der Waals surface area (Å²) in [5.74, 6) is -0.0896. The Kier molecular flexibility index (Phi) is 3.68. The summed E-state index contributed by atoms with van der Waals surface area (Å²) in [7, 11) is 0.